The predicted octanol–water partition coefficient (Wildman–Crippen LogP) is 4.41. The summed E-state index contributed by atoms with van der Waals surface area (Å²) in [5, 5.41) is 0. The van der Waals surface area contributed by atoms with Crippen LogP contribution >= 0.6 is 0 Å². The van der Waals surface area contributed by atoms with Crippen LogP contribution in [0.25, 0.3) is 0 Å². The van der Waals surface area contributed by atoms with Crippen molar-refractivity contribution in [2.24, 2.45) is 5.92 Å². The van der Waals surface area contributed by atoms with Gasteiger partial charge < -0.3 is 9.64 Å². The fourth-order valence-electron chi connectivity index (χ4n) is 3.11. The molecule has 0 radical (unpaired) electrons. The Morgan fingerprint density at radius 1 is 1.09 bits per heavy atom. The first-order valence-electron chi connectivity index (χ1n) is 7.78. The number of hydrogen-bond acceptors (Lipinski definition) is 2. The summed E-state index contributed by atoms with van der Waals surface area (Å²) in [6.45, 7) is 3.28. The molecule has 1 fully saturated rings. The van der Waals surface area contributed by atoms with Gasteiger partial charge in [-0.05, 0) is 23.5 Å². The molecule has 0 aliphatic carbocycles. The van der Waals surface area contributed by atoms with Gasteiger partial charge in [0.15, 0.2) is 0 Å². The topological polar surface area (TPSA) is 29.5 Å². The third-order valence-electron chi connectivity index (χ3n) is 4.28. The summed E-state index contributed by atoms with van der Waals surface area (Å²) in [7, 11) is 0. The van der Waals surface area contributed by atoms with E-state index < -0.39 is 0 Å². The van der Waals surface area contributed by atoms with Crippen molar-refractivity contribution < 1.29 is 9.53 Å². The van der Waals surface area contributed by atoms with Crippen molar-refractivity contribution in [2.75, 3.05) is 6.54 Å². The summed E-state index contributed by atoms with van der Waals surface area (Å²) in [5.41, 5.74) is 2.20. The monoisotopic (exact) mass is 295 g/mol. The molecule has 0 spiro atoms. The van der Waals surface area contributed by atoms with Crippen LogP contribution < -0.4 is 0 Å². The van der Waals surface area contributed by atoms with Crippen LogP contribution in [-0.4, -0.2) is 17.5 Å². The minimum Gasteiger partial charge on any atom is -0.445 e. The summed E-state index contributed by atoms with van der Waals surface area (Å²) >= 11 is 0. The predicted molar refractivity (Wildman–Crippen MR) is 86.3 cm³/mol. The van der Waals surface area contributed by atoms with E-state index in [0.29, 0.717) is 12.5 Å². The van der Waals surface area contributed by atoms with Crippen LogP contribution in [0.1, 0.15) is 30.5 Å². The van der Waals surface area contributed by atoms with Gasteiger partial charge in [0, 0.05) is 6.54 Å². The molecular weight excluding hydrogens is 274 g/mol. The van der Waals surface area contributed by atoms with Crippen molar-refractivity contribution in [3.8, 4) is 0 Å². The lowest BCUT2D eigenvalue weighted by molar-refractivity contribution is 0.0889. The van der Waals surface area contributed by atoms with E-state index in [1.807, 2.05) is 53.4 Å². The second kappa shape index (κ2) is 6.65. The lowest BCUT2D eigenvalue weighted by atomic mass is 9.96. The Morgan fingerprint density at radius 2 is 1.73 bits per heavy atom. The third-order valence-corrected chi connectivity index (χ3v) is 4.28. The number of hydrogen-bond donors (Lipinski definition) is 0. The standard InChI is InChI=1S/C19H21NO2/c1-15-12-13-20(18(15)17-10-6-3-7-11-17)19(21)22-14-16-8-4-2-5-9-16/h2-11,15,18H,12-14H2,1H3/t15-,18+/m0/s1. The van der Waals surface area contributed by atoms with Crippen LogP contribution in [0.5, 0.6) is 0 Å². The second-order valence-corrected chi connectivity index (χ2v) is 5.86. The molecule has 1 aliphatic rings. The quantitative estimate of drug-likeness (QED) is 0.839. The number of nitrogens with zero attached hydrogens (tertiary/aromatic N) is 1. The zero-order valence-electron chi connectivity index (χ0n) is 12.8. The van der Waals surface area contributed by atoms with Crippen molar-refractivity contribution in [3.05, 3.63) is 71.8 Å². The molecule has 1 saturated heterocycles. The van der Waals surface area contributed by atoms with Gasteiger partial charge in [0.2, 0.25) is 0 Å². The molecule has 22 heavy (non-hydrogen) atoms. The highest BCUT2D eigenvalue weighted by Gasteiger charge is 2.36. The highest BCUT2D eigenvalue weighted by molar-refractivity contribution is 5.69. The van der Waals surface area contributed by atoms with Crippen molar-refractivity contribution >= 4 is 6.09 Å². The van der Waals surface area contributed by atoms with E-state index in [1.165, 1.54) is 5.56 Å². The van der Waals surface area contributed by atoms with E-state index in [0.717, 1.165) is 18.5 Å². The number of ether oxygens (including phenoxy) is 1. The second-order valence-electron chi connectivity index (χ2n) is 5.86. The fraction of sp³-hybridized carbons (Fsp3) is 0.316. The maximum absolute atomic E-state index is 12.5. The van der Waals surface area contributed by atoms with Crippen LogP contribution in [0.15, 0.2) is 60.7 Å². The first kappa shape index (κ1) is 14.6. The van der Waals surface area contributed by atoms with Gasteiger partial charge in [0.1, 0.15) is 6.61 Å². The lowest BCUT2D eigenvalue weighted by Gasteiger charge is -2.26. The lowest BCUT2D eigenvalue weighted by Crippen LogP contribution is -2.32. The number of rotatable bonds is 3. The zero-order valence-corrected chi connectivity index (χ0v) is 12.8. The van der Waals surface area contributed by atoms with Gasteiger partial charge in [-0.2, -0.15) is 0 Å². The van der Waals surface area contributed by atoms with E-state index in [2.05, 4.69) is 19.1 Å². The summed E-state index contributed by atoms with van der Waals surface area (Å²) in [6, 6.07) is 20.1. The highest BCUT2D eigenvalue weighted by Crippen LogP contribution is 2.37. The average Bonchev–Trinajstić information content (AvgIpc) is 2.96. The molecule has 114 valence electrons. The smallest absolute Gasteiger partial charge is 0.410 e. The Hall–Kier alpha value is -2.29. The van der Waals surface area contributed by atoms with Gasteiger partial charge in [-0.3, -0.25) is 0 Å². The van der Waals surface area contributed by atoms with E-state index in [4.69, 9.17) is 4.74 Å². The van der Waals surface area contributed by atoms with Gasteiger partial charge in [-0.1, -0.05) is 67.6 Å². The van der Waals surface area contributed by atoms with Crippen molar-refractivity contribution in [2.45, 2.75) is 26.0 Å². The van der Waals surface area contributed by atoms with Crippen LogP contribution in [0.2, 0.25) is 0 Å². The molecule has 3 nitrogen and oxygen atoms in total. The zero-order chi connectivity index (χ0) is 15.4. The van der Waals surface area contributed by atoms with Gasteiger partial charge in [0.05, 0.1) is 6.04 Å². The van der Waals surface area contributed by atoms with Crippen molar-refractivity contribution in [1.82, 2.24) is 4.90 Å². The van der Waals surface area contributed by atoms with Gasteiger partial charge in [0.25, 0.3) is 0 Å². The Labute approximate surface area is 131 Å². The van der Waals surface area contributed by atoms with Gasteiger partial charge in [-0.15, -0.1) is 0 Å². The molecule has 1 amide bonds. The van der Waals surface area contributed by atoms with Gasteiger partial charge in [-0.25, -0.2) is 4.79 Å². The molecule has 2 aromatic rings. The largest absolute Gasteiger partial charge is 0.445 e. The normalized spacial score (nSPS) is 20.9. The molecule has 3 rings (SSSR count). The van der Waals surface area contributed by atoms with E-state index in [-0.39, 0.29) is 12.1 Å². The molecule has 1 heterocycles. The van der Waals surface area contributed by atoms with Crippen LogP contribution in [0.3, 0.4) is 0 Å². The van der Waals surface area contributed by atoms with Gasteiger partial charge >= 0.3 is 6.09 Å². The van der Waals surface area contributed by atoms with E-state index in [9.17, 15) is 4.79 Å². The van der Waals surface area contributed by atoms with E-state index in [1.54, 1.807) is 0 Å². The maximum Gasteiger partial charge on any atom is 0.410 e. The Morgan fingerprint density at radius 3 is 2.41 bits per heavy atom. The molecular formula is C19H21NO2. The molecule has 0 bridgehead atoms. The number of likely N-dealkylation sites (tertiary alicyclic amines) is 1. The average molecular weight is 295 g/mol. The molecule has 0 saturated carbocycles. The first-order chi connectivity index (χ1) is 10.8. The van der Waals surface area contributed by atoms with E-state index >= 15 is 0 Å². The third kappa shape index (κ3) is 3.14. The van der Waals surface area contributed by atoms with Crippen LogP contribution in [0.4, 0.5) is 4.79 Å². The van der Waals surface area contributed by atoms with Crippen molar-refractivity contribution in [3.63, 3.8) is 0 Å². The molecule has 2 atom stereocenters. The van der Waals surface area contributed by atoms with Crippen LogP contribution in [-0.2, 0) is 11.3 Å². The Balaban J connectivity index is 1.68. The summed E-state index contributed by atoms with van der Waals surface area (Å²) in [6.07, 6.45) is 0.794. The molecule has 0 N–H and O–H groups in total. The van der Waals surface area contributed by atoms with Crippen LogP contribution in [0, 0.1) is 5.92 Å². The highest BCUT2D eigenvalue weighted by atomic mass is 16.6. The SMILES string of the molecule is C[C@H]1CCN(C(=O)OCc2ccccc2)[C@H]1c1ccccc1. The number of benzene rings is 2. The molecule has 0 aromatic heterocycles. The number of amides is 1. The molecule has 2 aromatic carbocycles. The Bertz CT molecular complexity index is 612. The fourth-order valence-corrected chi connectivity index (χ4v) is 3.11. The number of carbonyl (C=O) groups excluding carboxylic acids is 1. The molecule has 3 heteroatoms. The maximum atomic E-state index is 12.5. The number of carbonyl (C=O) groups is 1. The summed E-state index contributed by atoms with van der Waals surface area (Å²) in [4.78, 5) is 14.3. The molecule has 0 unspecified atom stereocenters. The minimum absolute atomic E-state index is 0.115. The first-order valence-corrected chi connectivity index (χ1v) is 7.78. The van der Waals surface area contributed by atoms with Crippen molar-refractivity contribution in [1.29, 1.82) is 0 Å². The molecule has 1 aliphatic heterocycles. The Kier molecular flexibility index (Phi) is 4.42. The summed E-state index contributed by atoms with van der Waals surface area (Å²) < 4.78 is 5.50. The summed E-state index contributed by atoms with van der Waals surface area (Å²) in [5.74, 6) is 0.451. The minimum atomic E-state index is -0.220.